The van der Waals surface area contributed by atoms with Crippen LogP contribution >= 0.6 is 22.6 Å². The number of halogens is 1. The van der Waals surface area contributed by atoms with Crippen molar-refractivity contribution in [1.29, 1.82) is 0 Å². The van der Waals surface area contributed by atoms with Gasteiger partial charge in [0, 0.05) is 44.1 Å². The predicted molar refractivity (Wildman–Crippen MR) is 274 cm³/mol. The number of fused-ring (bicyclic) bond motifs is 1. The molecule has 4 rings (SSSR count). The quantitative estimate of drug-likeness (QED) is 0.0116. The minimum absolute atomic E-state index is 0.0213. The number of nitrogens with one attached hydrogen (secondary N) is 8. The molecule has 26 nitrogen and oxygen atoms in total. The molecule has 75 heavy (non-hydrogen) atoms. The van der Waals surface area contributed by atoms with Gasteiger partial charge in [0.2, 0.25) is 17.9 Å². The van der Waals surface area contributed by atoms with Crippen LogP contribution in [0.2, 0.25) is 0 Å². The van der Waals surface area contributed by atoms with Crippen LogP contribution in [-0.4, -0.2) is 137 Å². The summed E-state index contributed by atoms with van der Waals surface area (Å²) in [6, 6.07) is 12.4. The molecule has 398 valence electrons. The Hall–Kier alpha value is -8.76. The first-order valence-corrected chi connectivity index (χ1v) is 24.1. The zero-order valence-corrected chi connectivity index (χ0v) is 41.8. The molecule has 0 aliphatic carbocycles. The molecule has 0 radical (unpaired) electrons. The number of pyridine rings is 1. The highest BCUT2D eigenvalue weighted by atomic mass is 127. The van der Waals surface area contributed by atoms with Crippen LogP contribution in [0.15, 0.2) is 90.2 Å². The van der Waals surface area contributed by atoms with E-state index in [-0.39, 0.29) is 55.7 Å². The van der Waals surface area contributed by atoms with E-state index in [1.54, 1.807) is 6.07 Å². The van der Waals surface area contributed by atoms with Crippen LogP contribution in [0.1, 0.15) is 76.8 Å². The molecule has 5 atom stereocenters. The fourth-order valence-electron chi connectivity index (χ4n) is 7.01. The monoisotopic (exact) mass is 1150 g/mol. The molecule has 0 aliphatic rings. The zero-order valence-electron chi connectivity index (χ0n) is 39.6. The molecule has 1 aromatic heterocycles. The van der Waals surface area contributed by atoms with Crippen molar-refractivity contribution in [3.05, 3.63) is 107 Å². The van der Waals surface area contributed by atoms with E-state index in [2.05, 4.69) is 42.1 Å². The van der Waals surface area contributed by atoms with Crippen LogP contribution in [-0.2, 0) is 51.3 Å². The summed E-state index contributed by atoms with van der Waals surface area (Å²) >= 11 is 1.87. The van der Waals surface area contributed by atoms with Crippen molar-refractivity contribution in [1.82, 2.24) is 42.2 Å². The number of hydrazone groups is 1. The molecular weight excluding hydrogens is 1100 g/mol. The van der Waals surface area contributed by atoms with E-state index < -0.39 is 121 Å². The summed E-state index contributed by atoms with van der Waals surface area (Å²) in [7, 11) is 0. The molecular formula is C48H53IN10O16. The smallest absolute Gasteiger partial charge is 0.336 e. The van der Waals surface area contributed by atoms with Gasteiger partial charge < -0.3 is 62.8 Å². The molecule has 0 spiro atoms. The summed E-state index contributed by atoms with van der Waals surface area (Å²) in [5.74, 6) is -11.4. The second kappa shape index (κ2) is 29.7. The number of carbonyl (C=O) groups is 11. The summed E-state index contributed by atoms with van der Waals surface area (Å²) in [4.78, 5) is 141. The van der Waals surface area contributed by atoms with Crippen molar-refractivity contribution in [2.45, 2.75) is 88.1 Å². The van der Waals surface area contributed by atoms with Crippen LogP contribution in [0.3, 0.4) is 0 Å². The van der Waals surface area contributed by atoms with Gasteiger partial charge in [-0.1, -0.05) is 54.6 Å². The lowest BCUT2D eigenvalue weighted by Gasteiger charge is -2.21. The topological polar surface area (TPSA) is 410 Å². The van der Waals surface area contributed by atoms with Crippen molar-refractivity contribution in [2.24, 2.45) is 5.10 Å². The first-order valence-electron chi connectivity index (χ1n) is 22.8. The van der Waals surface area contributed by atoms with E-state index in [1.165, 1.54) is 40.6 Å². The lowest BCUT2D eigenvalue weighted by Crippen LogP contribution is -2.56. The Morgan fingerprint density at radius 2 is 1.15 bits per heavy atom. The first kappa shape index (κ1) is 58.8. The third-order valence-corrected chi connectivity index (χ3v) is 11.2. The third kappa shape index (κ3) is 20.0. The van der Waals surface area contributed by atoms with Gasteiger partial charge in [0.15, 0.2) is 0 Å². The fraction of sp³-hybridized carbons (Fsp3) is 0.312. The second-order valence-corrected chi connectivity index (χ2v) is 17.0. The SMILES string of the molecule is O=C(O)CCC(NC(=O)NC(CCCCNC(=O)C(Cc1ccc2ccccc2c1)NC(=O)c1ccc(CNC(=O)C(NC(=O)C(CCC(=O)O)NC(=O)c2ccc(N/N=C/I)nc2)C(=O)O)cc1)C(=O)O)C(=O)O. The Labute approximate surface area is 440 Å². The van der Waals surface area contributed by atoms with Crippen LogP contribution in [0.5, 0.6) is 0 Å². The highest BCUT2D eigenvalue weighted by Gasteiger charge is 2.32. The largest absolute Gasteiger partial charge is 0.481 e. The average Bonchev–Trinajstić information content (AvgIpc) is 3.37. The van der Waals surface area contributed by atoms with Gasteiger partial charge in [-0.2, -0.15) is 5.10 Å². The van der Waals surface area contributed by atoms with Gasteiger partial charge in [0.25, 0.3) is 17.7 Å². The Morgan fingerprint density at radius 3 is 1.75 bits per heavy atom. The lowest BCUT2D eigenvalue weighted by atomic mass is 10.0. The molecule has 0 saturated carbocycles. The number of aromatic nitrogens is 1. The summed E-state index contributed by atoms with van der Waals surface area (Å²) in [5.41, 5.74) is 3.74. The van der Waals surface area contributed by atoms with E-state index in [1.807, 2.05) is 69.6 Å². The number of unbranched alkanes of at least 4 members (excludes halogenated alkanes) is 1. The Bertz CT molecular complexity index is 2760. The number of urea groups is 1. The second-order valence-electron chi connectivity index (χ2n) is 16.5. The molecule has 1 heterocycles. The number of carboxylic acids is 5. The van der Waals surface area contributed by atoms with Gasteiger partial charge in [-0.05, 0) is 101 Å². The molecule has 7 amide bonds. The number of nitrogens with zero attached hydrogens (tertiary/aromatic N) is 2. The summed E-state index contributed by atoms with van der Waals surface area (Å²) in [5, 5.41) is 68.9. The van der Waals surface area contributed by atoms with Crippen molar-refractivity contribution < 1.29 is 78.3 Å². The molecule has 3 aromatic carbocycles. The number of amides is 7. The minimum atomic E-state index is -2.18. The molecule has 0 bridgehead atoms. The molecule has 27 heteroatoms. The normalized spacial score (nSPS) is 12.9. The fourth-order valence-corrected chi connectivity index (χ4v) is 7.15. The van der Waals surface area contributed by atoms with E-state index in [4.69, 9.17) is 5.11 Å². The summed E-state index contributed by atoms with van der Waals surface area (Å²) < 4.78 is 1.43. The molecule has 0 aliphatic heterocycles. The number of benzene rings is 3. The number of carbonyl (C=O) groups excluding carboxylic acids is 6. The Kier molecular flexibility index (Phi) is 23.3. The maximum atomic E-state index is 13.7. The summed E-state index contributed by atoms with van der Waals surface area (Å²) in [6.45, 7) is -0.267. The number of hydrogen-bond donors (Lipinski definition) is 13. The standard InChI is InChI=1S/C48H53IN10O16/c49-25-53-59-36-17-14-31(24-51-36)41(65)54-32(15-18-37(60)61)43(67)58-39(47(73)74)44(68)52-23-26-8-12-29(13-9-26)40(64)55-35(22-27-10-11-28-5-1-2-6-30(28)21-27)42(66)50-20-4-3-7-33(45(69)70)56-48(75)57-34(46(71)72)16-19-38(62)63/h1-2,5-6,8-14,17,21,24-25,32-35,39H,3-4,7,15-16,18-20,22-23H2,(H,50,66)(H,51,59)(H,52,68)(H,54,65)(H,55,64)(H,58,67)(H,60,61)(H,62,63)(H,69,70)(H,71,72)(H,73,74)(H2,56,57,75)/b53-25+. The predicted octanol–water partition coefficient (Wildman–Crippen LogP) is 1.57. The van der Waals surface area contributed by atoms with Gasteiger partial charge in [-0.15, -0.1) is 0 Å². The number of aliphatic carboxylic acids is 5. The van der Waals surface area contributed by atoms with Crippen LogP contribution in [0.4, 0.5) is 10.6 Å². The lowest BCUT2D eigenvalue weighted by molar-refractivity contribution is -0.147. The van der Waals surface area contributed by atoms with Gasteiger partial charge in [-0.3, -0.25) is 39.0 Å². The summed E-state index contributed by atoms with van der Waals surface area (Å²) in [6.07, 6.45) is -0.594. The van der Waals surface area contributed by atoms with Crippen LogP contribution in [0, 0.1) is 0 Å². The highest BCUT2D eigenvalue weighted by molar-refractivity contribution is 14.1. The Balaban J connectivity index is 1.36. The van der Waals surface area contributed by atoms with Crippen molar-refractivity contribution in [3.63, 3.8) is 0 Å². The first-order chi connectivity index (χ1) is 35.7. The maximum Gasteiger partial charge on any atom is 0.336 e. The van der Waals surface area contributed by atoms with E-state index in [9.17, 15) is 73.2 Å². The molecule has 0 saturated heterocycles. The molecule has 5 unspecified atom stereocenters. The minimum Gasteiger partial charge on any atom is -0.481 e. The van der Waals surface area contributed by atoms with Gasteiger partial charge >= 0.3 is 35.9 Å². The number of anilines is 1. The maximum absolute atomic E-state index is 13.7. The number of rotatable bonds is 30. The third-order valence-electron chi connectivity index (χ3n) is 10.9. The van der Waals surface area contributed by atoms with E-state index in [0.29, 0.717) is 11.1 Å². The van der Waals surface area contributed by atoms with Crippen LogP contribution in [0.25, 0.3) is 10.8 Å². The van der Waals surface area contributed by atoms with Crippen molar-refractivity contribution in [3.8, 4) is 0 Å². The van der Waals surface area contributed by atoms with Gasteiger partial charge in [-0.25, -0.2) is 24.2 Å². The van der Waals surface area contributed by atoms with Crippen LogP contribution < -0.4 is 42.6 Å². The van der Waals surface area contributed by atoms with E-state index in [0.717, 1.165) is 17.0 Å². The zero-order chi connectivity index (χ0) is 55.0. The number of carboxylic acid groups (broad SMARTS) is 5. The highest BCUT2D eigenvalue weighted by Crippen LogP contribution is 2.18. The number of hydrogen-bond acceptors (Lipinski definition) is 14. The van der Waals surface area contributed by atoms with E-state index >= 15 is 0 Å². The Morgan fingerprint density at radius 1 is 0.560 bits per heavy atom. The molecule has 13 N–H and O–H groups in total. The van der Waals surface area contributed by atoms with Crippen molar-refractivity contribution >= 4 is 109 Å². The van der Waals surface area contributed by atoms with Gasteiger partial charge in [0.05, 0.1) is 9.78 Å². The molecule has 0 fully saturated rings. The average molecular weight is 1150 g/mol. The molecule has 4 aromatic rings. The van der Waals surface area contributed by atoms with Crippen molar-refractivity contribution in [2.75, 3.05) is 12.0 Å². The van der Waals surface area contributed by atoms with Gasteiger partial charge in [0.1, 0.15) is 30.0 Å².